The summed E-state index contributed by atoms with van der Waals surface area (Å²) < 4.78 is 5.13. The van der Waals surface area contributed by atoms with Gasteiger partial charge >= 0.3 is 11.7 Å². The van der Waals surface area contributed by atoms with E-state index < -0.39 is 17.2 Å². The summed E-state index contributed by atoms with van der Waals surface area (Å²) in [6.45, 7) is 0.0740. The Morgan fingerprint density at radius 3 is 2.53 bits per heavy atom. The Hall–Kier alpha value is -1.90. The van der Waals surface area contributed by atoms with E-state index in [0.717, 1.165) is 5.56 Å². The number of rotatable bonds is 3. The van der Waals surface area contributed by atoms with Gasteiger partial charge in [-0.25, -0.2) is 9.59 Å². The number of aromatic nitrogens is 2. The zero-order valence-corrected chi connectivity index (χ0v) is 11.8. The standard InChI is InChI=1S/C12H9IN2O4/c13-8-9(14-12(18)15-10(8)16)11(17)19-6-7-4-2-1-3-5-7/h1-5H,6H2,(H2,14,15,16,18). The van der Waals surface area contributed by atoms with Crippen LogP contribution in [0.25, 0.3) is 0 Å². The molecular weight excluding hydrogens is 363 g/mol. The van der Waals surface area contributed by atoms with Crippen LogP contribution in [0, 0.1) is 3.57 Å². The molecule has 0 aliphatic heterocycles. The van der Waals surface area contributed by atoms with E-state index >= 15 is 0 Å². The lowest BCUT2D eigenvalue weighted by molar-refractivity contribution is 0.0463. The topological polar surface area (TPSA) is 92.0 Å². The summed E-state index contributed by atoms with van der Waals surface area (Å²) in [6, 6.07) is 9.10. The molecule has 0 spiro atoms. The van der Waals surface area contributed by atoms with Crippen LogP contribution in [0.1, 0.15) is 16.1 Å². The van der Waals surface area contributed by atoms with Gasteiger partial charge in [0.2, 0.25) is 0 Å². The lowest BCUT2D eigenvalue weighted by atomic mass is 10.2. The normalized spacial score (nSPS) is 10.2. The Balaban J connectivity index is 2.17. The summed E-state index contributed by atoms with van der Waals surface area (Å²) >= 11 is 1.68. The number of H-pyrrole nitrogens is 2. The van der Waals surface area contributed by atoms with E-state index in [4.69, 9.17) is 4.74 Å². The van der Waals surface area contributed by atoms with E-state index in [2.05, 4.69) is 4.98 Å². The molecule has 0 bridgehead atoms. The maximum atomic E-state index is 11.8. The molecule has 19 heavy (non-hydrogen) atoms. The third-order valence-corrected chi connectivity index (χ3v) is 3.33. The molecule has 0 unspecified atom stereocenters. The lowest BCUT2D eigenvalue weighted by Gasteiger charge is -2.05. The molecule has 0 aliphatic carbocycles. The van der Waals surface area contributed by atoms with Crippen molar-refractivity contribution in [2.24, 2.45) is 0 Å². The number of carbonyl (C=O) groups is 1. The number of ether oxygens (including phenoxy) is 1. The molecule has 0 amide bonds. The van der Waals surface area contributed by atoms with E-state index in [1.54, 1.807) is 34.7 Å². The highest BCUT2D eigenvalue weighted by atomic mass is 127. The van der Waals surface area contributed by atoms with Crippen molar-refractivity contribution in [1.82, 2.24) is 9.97 Å². The second-order valence-corrected chi connectivity index (χ2v) is 4.74. The van der Waals surface area contributed by atoms with Crippen LogP contribution >= 0.6 is 22.6 Å². The van der Waals surface area contributed by atoms with E-state index in [0.29, 0.717) is 0 Å². The van der Waals surface area contributed by atoms with E-state index in [1.807, 2.05) is 23.2 Å². The Labute approximate surface area is 121 Å². The maximum Gasteiger partial charge on any atom is 0.356 e. The fourth-order valence-electron chi connectivity index (χ4n) is 1.41. The number of hydrogen-bond donors (Lipinski definition) is 2. The molecule has 1 heterocycles. The van der Waals surface area contributed by atoms with Crippen molar-refractivity contribution in [1.29, 1.82) is 0 Å². The molecule has 0 radical (unpaired) electrons. The summed E-state index contributed by atoms with van der Waals surface area (Å²) in [4.78, 5) is 38.5. The SMILES string of the molecule is O=C(OCc1ccccc1)c1[nH]c(=O)[nH]c(=O)c1I. The van der Waals surface area contributed by atoms with Crippen LogP contribution in [-0.2, 0) is 11.3 Å². The Morgan fingerprint density at radius 1 is 1.16 bits per heavy atom. The highest BCUT2D eigenvalue weighted by Gasteiger charge is 2.15. The van der Waals surface area contributed by atoms with Gasteiger partial charge in [-0.3, -0.25) is 9.78 Å². The zero-order valence-electron chi connectivity index (χ0n) is 9.60. The summed E-state index contributed by atoms with van der Waals surface area (Å²) in [6.07, 6.45) is 0. The molecule has 0 saturated carbocycles. The summed E-state index contributed by atoms with van der Waals surface area (Å²) in [5.41, 5.74) is -0.670. The molecule has 0 saturated heterocycles. The predicted octanol–water partition coefficient (Wildman–Crippen LogP) is 1.02. The molecule has 0 fully saturated rings. The molecule has 2 rings (SSSR count). The monoisotopic (exact) mass is 372 g/mol. The van der Waals surface area contributed by atoms with Crippen LogP contribution in [0.3, 0.4) is 0 Å². The van der Waals surface area contributed by atoms with Crippen molar-refractivity contribution >= 4 is 28.6 Å². The molecule has 7 heteroatoms. The molecular formula is C12H9IN2O4. The van der Waals surface area contributed by atoms with E-state index in [9.17, 15) is 14.4 Å². The number of halogens is 1. The van der Waals surface area contributed by atoms with Gasteiger partial charge < -0.3 is 9.72 Å². The first-order valence-electron chi connectivity index (χ1n) is 5.31. The van der Waals surface area contributed by atoms with E-state index in [1.165, 1.54) is 0 Å². The highest BCUT2D eigenvalue weighted by Crippen LogP contribution is 2.06. The predicted molar refractivity (Wildman–Crippen MR) is 76.0 cm³/mol. The molecule has 6 nitrogen and oxygen atoms in total. The molecule has 0 aliphatic rings. The van der Waals surface area contributed by atoms with Crippen molar-refractivity contribution in [2.75, 3.05) is 0 Å². The third kappa shape index (κ3) is 3.31. The first-order valence-corrected chi connectivity index (χ1v) is 6.39. The van der Waals surface area contributed by atoms with Crippen molar-refractivity contribution in [3.8, 4) is 0 Å². The number of nitrogens with one attached hydrogen (secondary N) is 2. The van der Waals surface area contributed by atoms with Gasteiger partial charge in [0.1, 0.15) is 15.9 Å². The average molecular weight is 372 g/mol. The molecule has 1 aromatic heterocycles. The number of hydrogen-bond acceptors (Lipinski definition) is 4. The molecule has 2 aromatic rings. The van der Waals surface area contributed by atoms with Gasteiger partial charge in [0, 0.05) is 0 Å². The van der Waals surface area contributed by atoms with Crippen LogP contribution in [0.4, 0.5) is 0 Å². The smallest absolute Gasteiger partial charge is 0.356 e. The van der Waals surface area contributed by atoms with Gasteiger partial charge in [-0.1, -0.05) is 30.3 Å². The Morgan fingerprint density at radius 2 is 1.84 bits per heavy atom. The first kappa shape index (κ1) is 13.5. The Bertz CT molecular complexity index is 706. The fourth-order valence-corrected chi connectivity index (χ4v) is 1.90. The molecule has 1 aromatic carbocycles. The number of aromatic amines is 2. The van der Waals surface area contributed by atoms with Crippen molar-refractivity contribution in [3.63, 3.8) is 0 Å². The van der Waals surface area contributed by atoms with Gasteiger partial charge in [0.05, 0.1) is 0 Å². The highest BCUT2D eigenvalue weighted by molar-refractivity contribution is 14.1. The minimum absolute atomic E-state index is 0.0740. The van der Waals surface area contributed by atoms with Crippen LogP contribution in [-0.4, -0.2) is 15.9 Å². The fraction of sp³-hybridized carbons (Fsp3) is 0.0833. The largest absolute Gasteiger partial charge is 0.456 e. The second kappa shape index (κ2) is 5.83. The number of benzene rings is 1. The average Bonchev–Trinajstić information content (AvgIpc) is 2.41. The van der Waals surface area contributed by atoms with Crippen molar-refractivity contribution in [3.05, 3.63) is 66.0 Å². The van der Waals surface area contributed by atoms with Crippen molar-refractivity contribution in [2.45, 2.75) is 6.61 Å². The minimum Gasteiger partial charge on any atom is -0.456 e. The summed E-state index contributed by atoms with van der Waals surface area (Å²) in [5, 5.41) is 0. The van der Waals surface area contributed by atoms with Crippen LogP contribution in [0.5, 0.6) is 0 Å². The molecule has 2 N–H and O–H groups in total. The third-order valence-electron chi connectivity index (χ3n) is 2.30. The van der Waals surface area contributed by atoms with E-state index in [-0.39, 0.29) is 15.9 Å². The zero-order chi connectivity index (χ0) is 13.8. The maximum absolute atomic E-state index is 11.8. The number of carbonyl (C=O) groups excluding carboxylic acids is 1. The van der Waals surface area contributed by atoms with Gasteiger partial charge in [-0.15, -0.1) is 0 Å². The van der Waals surface area contributed by atoms with Gasteiger partial charge in [-0.05, 0) is 28.2 Å². The Kier molecular flexibility index (Phi) is 4.15. The van der Waals surface area contributed by atoms with Crippen LogP contribution in [0.2, 0.25) is 0 Å². The summed E-state index contributed by atoms with van der Waals surface area (Å²) in [7, 11) is 0. The van der Waals surface area contributed by atoms with Gasteiger partial charge in [-0.2, -0.15) is 0 Å². The van der Waals surface area contributed by atoms with Crippen molar-refractivity contribution < 1.29 is 9.53 Å². The first-order chi connectivity index (χ1) is 9.08. The number of esters is 1. The second-order valence-electron chi connectivity index (χ2n) is 3.66. The minimum atomic E-state index is -0.739. The van der Waals surface area contributed by atoms with Gasteiger partial charge in [0.15, 0.2) is 0 Å². The van der Waals surface area contributed by atoms with Crippen LogP contribution < -0.4 is 11.2 Å². The lowest BCUT2D eigenvalue weighted by Crippen LogP contribution is -2.29. The summed E-state index contributed by atoms with van der Waals surface area (Å²) in [5.74, 6) is -0.739. The molecule has 0 atom stereocenters. The molecule has 98 valence electrons. The van der Waals surface area contributed by atoms with Gasteiger partial charge in [0.25, 0.3) is 5.56 Å². The van der Waals surface area contributed by atoms with Crippen LogP contribution in [0.15, 0.2) is 39.9 Å². The quantitative estimate of drug-likeness (QED) is 0.622.